The summed E-state index contributed by atoms with van der Waals surface area (Å²) >= 11 is 6.55. The molecule has 0 aliphatic rings. The number of carbonyl (C=O) groups excluding carboxylic acids is 2. The summed E-state index contributed by atoms with van der Waals surface area (Å²) in [6.45, 7) is 5.01. The number of rotatable bonds is 12. The number of benzene rings is 4. The number of hydrogen-bond acceptors (Lipinski definition) is 5. The molecule has 0 spiro atoms. The number of nitrogens with one attached hydrogen (secondary N) is 1. The van der Waals surface area contributed by atoms with Crippen molar-refractivity contribution in [2.45, 2.75) is 50.2 Å². The molecule has 2 amide bonds. The minimum Gasteiger partial charge on any atom is -0.497 e. The van der Waals surface area contributed by atoms with E-state index in [1.807, 2.05) is 51.1 Å². The molecule has 0 aliphatic heterocycles. The second-order valence-electron chi connectivity index (χ2n) is 11.6. The fraction of sp³-hybridized carbons (Fsp3) is 0.257. The second-order valence-corrected chi connectivity index (χ2v) is 13.9. The van der Waals surface area contributed by atoms with E-state index < -0.39 is 34.1 Å². The van der Waals surface area contributed by atoms with Crippen molar-refractivity contribution in [1.82, 2.24) is 10.2 Å². The van der Waals surface area contributed by atoms with Gasteiger partial charge in [-0.15, -0.1) is 0 Å². The predicted molar refractivity (Wildman–Crippen MR) is 178 cm³/mol. The van der Waals surface area contributed by atoms with Crippen molar-refractivity contribution in [1.29, 1.82) is 0 Å². The van der Waals surface area contributed by atoms with Gasteiger partial charge in [-0.1, -0.05) is 78.3 Å². The summed E-state index contributed by atoms with van der Waals surface area (Å²) in [6.07, 6.45) is 0.201. The van der Waals surface area contributed by atoms with Crippen LogP contribution in [0.4, 0.5) is 5.69 Å². The normalized spacial score (nSPS) is 12.2. The maximum atomic E-state index is 14.5. The first-order valence-electron chi connectivity index (χ1n) is 14.5. The topological polar surface area (TPSA) is 96.0 Å². The van der Waals surface area contributed by atoms with Crippen LogP contribution in [0.2, 0.25) is 5.02 Å². The quantitative estimate of drug-likeness (QED) is 0.201. The van der Waals surface area contributed by atoms with Crippen molar-refractivity contribution in [3.63, 3.8) is 0 Å². The fourth-order valence-corrected chi connectivity index (χ4v) is 6.44. The van der Waals surface area contributed by atoms with Gasteiger partial charge in [-0.2, -0.15) is 0 Å². The fourth-order valence-electron chi connectivity index (χ4n) is 4.81. The van der Waals surface area contributed by atoms with Gasteiger partial charge in [-0.3, -0.25) is 13.9 Å². The highest BCUT2D eigenvalue weighted by Gasteiger charge is 2.35. The maximum absolute atomic E-state index is 14.5. The van der Waals surface area contributed by atoms with Gasteiger partial charge in [0.25, 0.3) is 10.0 Å². The van der Waals surface area contributed by atoms with E-state index in [4.69, 9.17) is 16.3 Å². The molecule has 4 aromatic carbocycles. The molecule has 0 saturated carbocycles. The average Bonchev–Trinajstić information content (AvgIpc) is 3.02. The molecule has 10 heteroatoms. The first kappa shape index (κ1) is 33.6. The number of sulfonamides is 1. The number of anilines is 1. The molecular formula is C35H38ClN3O5S. The van der Waals surface area contributed by atoms with E-state index in [0.717, 1.165) is 9.87 Å². The number of hydrogen-bond donors (Lipinski definition) is 1. The molecule has 45 heavy (non-hydrogen) atoms. The third-order valence-corrected chi connectivity index (χ3v) is 9.20. The molecular weight excluding hydrogens is 610 g/mol. The van der Waals surface area contributed by atoms with E-state index in [2.05, 4.69) is 5.32 Å². The zero-order chi connectivity index (χ0) is 32.6. The number of nitrogens with zero attached hydrogens (tertiary/aromatic N) is 2. The van der Waals surface area contributed by atoms with Gasteiger partial charge in [0.15, 0.2) is 0 Å². The lowest BCUT2D eigenvalue weighted by Crippen LogP contribution is -2.56. The molecule has 8 nitrogen and oxygen atoms in total. The molecule has 4 rings (SSSR count). The van der Waals surface area contributed by atoms with Gasteiger partial charge >= 0.3 is 0 Å². The highest BCUT2D eigenvalue weighted by Crippen LogP contribution is 2.27. The zero-order valence-electron chi connectivity index (χ0n) is 25.8. The van der Waals surface area contributed by atoms with Crippen LogP contribution in [0.25, 0.3) is 0 Å². The smallest absolute Gasteiger partial charge is 0.264 e. The van der Waals surface area contributed by atoms with Crippen molar-refractivity contribution in [2.24, 2.45) is 0 Å². The summed E-state index contributed by atoms with van der Waals surface area (Å²) in [4.78, 5) is 29.9. The van der Waals surface area contributed by atoms with Crippen molar-refractivity contribution < 1.29 is 22.7 Å². The van der Waals surface area contributed by atoms with Crippen LogP contribution in [0.15, 0.2) is 114 Å². The van der Waals surface area contributed by atoms with Gasteiger partial charge in [0.1, 0.15) is 18.3 Å². The van der Waals surface area contributed by atoms with Gasteiger partial charge in [0.2, 0.25) is 11.8 Å². The van der Waals surface area contributed by atoms with E-state index in [1.165, 1.54) is 24.1 Å². The summed E-state index contributed by atoms with van der Waals surface area (Å²) in [7, 11) is -2.69. The van der Waals surface area contributed by atoms with Gasteiger partial charge in [-0.25, -0.2) is 8.42 Å². The van der Waals surface area contributed by atoms with Crippen LogP contribution in [-0.2, 0) is 32.6 Å². The van der Waals surface area contributed by atoms with Crippen LogP contribution in [-0.4, -0.2) is 50.4 Å². The molecule has 1 N–H and O–H groups in total. The standard InChI is InChI=1S/C35H38ClN3O5S/c1-35(2,3)37-34(41)32(23-26-13-7-5-8-14-26)38(24-27-15-11-12-18-31(27)36)33(40)25-39(28-19-21-29(44-4)22-20-28)45(42,43)30-16-9-6-10-17-30/h5-22,32H,23-25H2,1-4H3,(H,37,41). The molecule has 1 atom stereocenters. The molecule has 0 bridgehead atoms. The Bertz CT molecular complexity index is 1690. The van der Waals surface area contributed by atoms with E-state index in [0.29, 0.717) is 16.3 Å². The van der Waals surface area contributed by atoms with E-state index in [1.54, 1.807) is 66.7 Å². The average molecular weight is 648 g/mol. The van der Waals surface area contributed by atoms with Gasteiger partial charge < -0.3 is 15.0 Å². The number of methoxy groups -OCH3 is 1. The monoisotopic (exact) mass is 647 g/mol. The Balaban J connectivity index is 1.82. The number of carbonyl (C=O) groups is 2. The SMILES string of the molecule is COc1ccc(N(CC(=O)N(Cc2ccccc2Cl)C(Cc2ccccc2)C(=O)NC(C)(C)C)S(=O)(=O)c2ccccc2)cc1. The zero-order valence-corrected chi connectivity index (χ0v) is 27.4. The van der Waals surface area contributed by atoms with Crippen LogP contribution in [0.5, 0.6) is 5.75 Å². The van der Waals surface area contributed by atoms with Crippen molar-refractivity contribution >= 4 is 39.1 Å². The van der Waals surface area contributed by atoms with E-state index >= 15 is 0 Å². The minimum atomic E-state index is -4.20. The second kappa shape index (κ2) is 14.6. The summed E-state index contributed by atoms with van der Waals surface area (Å²) in [5.41, 5.74) is 1.14. The Labute approximate surface area is 270 Å². The first-order valence-corrected chi connectivity index (χ1v) is 16.3. The number of amides is 2. The minimum absolute atomic E-state index is 0.0184. The Morgan fingerprint density at radius 1 is 0.844 bits per heavy atom. The number of ether oxygens (including phenoxy) is 1. The largest absolute Gasteiger partial charge is 0.497 e. The highest BCUT2D eigenvalue weighted by atomic mass is 35.5. The molecule has 0 fully saturated rings. The maximum Gasteiger partial charge on any atom is 0.264 e. The lowest BCUT2D eigenvalue weighted by Gasteiger charge is -2.35. The van der Waals surface area contributed by atoms with Crippen molar-refractivity contribution in [2.75, 3.05) is 18.0 Å². The van der Waals surface area contributed by atoms with Crippen LogP contribution in [0, 0.1) is 0 Å². The predicted octanol–water partition coefficient (Wildman–Crippen LogP) is 6.10. The van der Waals surface area contributed by atoms with E-state index in [9.17, 15) is 18.0 Å². The summed E-state index contributed by atoms with van der Waals surface area (Å²) in [5, 5.41) is 3.44. The third kappa shape index (κ3) is 8.86. The van der Waals surface area contributed by atoms with Crippen LogP contribution < -0.4 is 14.4 Å². The summed E-state index contributed by atoms with van der Waals surface area (Å²) in [6, 6.07) is 29.8. The van der Waals surface area contributed by atoms with Crippen molar-refractivity contribution in [3.8, 4) is 5.75 Å². The lowest BCUT2D eigenvalue weighted by atomic mass is 10.0. The molecule has 0 aliphatic carbocycles. The van der Waals surface area contributed by atoms with Gasteiger partial charge in [0, 0.05) is 23.5 Å². The molecule has 1 unspecified atom stereocenters. The van der Waals surface area contributed by atoms with Crippen LogP contribution >= 0.6 is 11.6 Å². The third-order valence-electron chi connectivity index (χ3n) is 7.04. The summed E-state index contributed by atoms with van der Waals surface area (Å²) < 4.78 is 34.5. The molecule has 0 radical (unpaired) electrons. The Morgan fingerprint density at radius 3 is 2.00 bits per heavy atom. The Morgan fingerprint density at radius 2 is 1.42 bits per heavy atom. The summed E-state index contributed by atoms with van der Waals surface area (Å²) in [5.74, 6) is -0.409. The van der Waals surface area contributed by atoms with Crippen LogP contribution in [0.1, 0.15) is 31.9 Å². The lowest BCUT2D eigenvalue weighted by molar-refractivity contribution is -0.140. The Kier molecular flexibility index (Phi) is 10.9. The van der Waals surface area contributed by atoms with Gasteiger partial charge in [-0.05, 0) is 74.4 Å². The van der Waals surface area contributed by atoms with E-state index in [-0.39, 0.29) is 29.5 Å². The molecule has 4 aromatic rings. The Hall–Kier alpha value is -4.34. The highest BCUT2D eigenvalue weighted by molar-refractivity contribution is 7.92. The van der Waals surface area contributed by atoms with Gasteiger partial charge in [0.05, 0.1) is 17.7 Å². The molecule has 0 saturated heterocycles. The molecule has 236 valence electrons. The van der Waals surface area contributed by atoms with Crippen LogP contribution in [0.3, 0.4) is 0 Å². The first-order chi connectivity index (χ1) is 21.4. The van der Waals surface area contributed by atoms with Crippen molar-refractivity contribution in [3.05, 3.63) is 125 Å². The molecule has 0 aromatic heterocycles. The molecule has 0 heterocycles. The number of halogens is 1.